The lowest BCUT2D eigenvalue weighted by atomic mass is 10.0. The number of aryl methyl sites for hydroxylation is 2. The van der Waals surface area contributed by atoms with Gasteiger partial charge in [-0.25, -0.2) is 4.98 Å². The molecule has 3 N–H and O–H groups in total. The van der Waals surface area contributed by atoms with E-state index in [4.69, 9.17) is 16.6 Å². The van der Waals surface area contributed by atoms with Crippen LogP contribution in [0.2, 0.25) is 0 Å². The highest BCUT2D eigenvalue weighted by Crippen LogP contribution is 2.36. The van der Waals surface area contributed by atoms with Crippen molar-refractivity contribution < 1.29 is 14.3 Å². The molecule has 1 amide bonds. The van der Waals surface area contributed by atoms with Gasteiger partial charge < -0.3 is 14.8 Å². The van der Waals surface area contributed by atoms with E-state index in [2.05, 4.69) is 22.5 Å². The maximum Gasteiger partial charge on any atom is 0.258 e. The van der Waals surface area contributed by atoms with E-state index in [1.54, 1.807) is 25.1 Å². The Morgan fingerprint density at radius 2 is 1.86 bits per heavy atom. The minimum Gasteiger partial charge on any atom is -0.507 e. The third-order valence-corrected chi connectivity index (χ3v) is 6.11. The zero-order valence-corrected chi connectivity index (χ0v) is 20.1. The molecule has 5 aromatic rings. The maximum atomic E-state index is 12.9. The second-order valence-corrected chi connectivity index (χ2v) is 8.71. The summed E-state index contributed by atoms with van der Waals surface area (Å²) in [5.74, 6) is 0.0763. The first-order valence-corrected chi connectivity index (χ1v) is 11.7. The highest BCUT2D eigenvalue weighted by molar-refractivity contribution is 7.80. The van der Waals surface area contributed by atoms with Gasteiger partial charge >= 0.3 is 0 Å². The van der Waals surface area contributed by atoms with Crippen molar-refractivity contribution in [1.82, 2.24) is 10.3 Å². The fourth-order valence-electron chi connectivity index (χ4n) is 4.08. The van der Waals surface area contributed by atoms with Crippen molar-refractivity contribution in [1.29, 1.82) is 0 Å². The second-order valence-electron chi connectivity index (χ2n) is 8.30. The number of anilines is 1. The molecule has 5 rings (SSSR count). The molecule has 1 heterocycles. The van der Waals surface area contributed by atoms with E-state index >= 15 is 0 Å². The van der Waals surface area contributed by atoms with E-state index in [0.29, 0.717) is 33.9 Å². The number of phenolic OH excluding ortho intramolecular Hbond substituents is 1. The maximum absolute atomic E-state index is 12.9. The van der Waals surface area contributed by atoms with Crippen LogP contribution in [0.25, 0.3) is 33.3 Å². The Balaban J connectivity index is 1.40. The predicted molar refractivity (Wildman–Crippen MR) is 143 cm³/mol. The number of rotatable bonds is 4. The topological polar surface area (TPSA) is 87.4 Å². The zero-order chi connectivity index (χ0) is 24.5. The van der Waals surface area contributed by atoms with E-state index in [9.17, 15) is 9.90 Å². The molecule has 35 heavy (non-hydrogen) atoms. The second kappa shape index (κ2) is 9.19. The summed E-state index contributed by atoms with van der Waals surface area (Å²) in [7, 11) is 0. The van der Waals surface area contributed by atoms with Crippen LogP contribution in [-0.4, -0.2) is 21.1 Å². The highest BCUT2D eigenvalue weighted by atomic mass is 32.1. The number of aromatic nitrogens is 1. The molecule has 6 nitrogen and oxygen atoms in total. The number of benzene rings is 4. The Morgan fingerprint density at radius 3 is 2.69 bits per heavy atom. The van der Waals surface area contributed by atoms with Crippen molar-refractivity contribution in [2.45, 2.75) is 20.3 Å². The average Bonchev–Trinajstić information content (AvgIpc) is 3.28. The van der Waals surface area contributed by atoms with Crippen LogP contribution in [0.15, 0.2) is 77.2 Å². The number of hydrogen-bond acceptors (Lipinski definition) is 5. The Bertz CT molecular complexity index is 1600. The van der Waals surface area contributed by atoms with Crippen molar-refractivity contribution in [3.63, 3.8) is 0 Å². The van der Waals surface area contributed by atoms with Crippen molar-refractivity contribution in [3.05, 3.63) is 89.5 Å². The number of thiocarbonyl (C=S) groups is 1. The van der Waals surface area contributed by atoms with Crippen LogP contribution in [0, 0.1) is 6.92 Å². The molecule has 7 heteroatoms. The SMILES string of the molecule is CCc1ccc2oc(-c3cc(NC(=S)NC(=O)c4cccc5ccccc45)cc(C)c3O)nc2c1. The number of phenols is 1. The van der Waals surface area contributed by atoms with Crippen LogP contribution >= 0.6 is 12.2 Å². The smallest absolute Gasteiger partial charge is 0.258 e. The molecule has 1 aromatic heterocycles. The van der Waals surface area contributed by atoms with Crippen molar-refractivity contribution in [3.8, 4) is 17.2 Å². The average molecular weight is 482 g/mol. The highest BCUT2D eigenvalue weighted by Gasteiger charge is 2.17. The summed E-state index contributed by atoms with van der Waals surface area (Å²) >= 11 is 5.41. The molecule has 0 fully saturated rings. The summed E-state index contributed by atoms with van der Waals surface area (Å²) in [5, 5.41) is 18.4. The Kier molecular flexibility index (Phi) is 5.93. The molecule has 0 aliphatic carbocycles. The monoisotopic (exact) mass is 481 g/mol. The number of hydrogen-bond donors (Lipinski definition) is 3. The van der Waals surface area contributed by atoms with Gasteiger partial charge in [-0.05, 0) is 77.8 Å². The van der Waals surface area contributed by atoms with Gasteiger partial charge in [0.15, 0.2) is 10.7 Å². The van der Waals surface area contributed by atoms with E-state index in [0.717, 1.165) is 28.3 Å². The summed E-state index contributed by atoms with van der Waals surface area (Å²) < 4.78 is 5.91. The first-order valence-electron chi connectivity index (χ1n) is 11.3. The van der Waals surface area contributed by atoms with Crippen molar-refractivity contribution in [2.24, 2.45) is 0 Å². The molecule has 0 aliphatic rings. The van der Waals surface area contributed by atoms with Crippen LogP contribution in [0.3, 0.4) is 0 Å². The first kappa shape index (κ1) is 22.6. The molecule has 0 aliphatic heterocycles. The van der Waals surface area contributed by atoms with Gasteiger partial charge in [0.25, 0.3) is 5.91 Å². The predicted octanol–water partition coefficient (Wildman–Crippen LogP) is 6.35. The lowest BCUT2D eigenvalue weighted by Gasteiger charge is -2.13. The van der Waals surface area contributed by atoms with Gasteiger partial charge in [-0.15, -0.1) is 0 Å². The standard InChI is InChI=1S/C28H23N3O3S/c1-3-17-11-12-24-23(14-17)30-27(34-24)22-15-19(13-16(2)25(22)32)29-28(35)31-26(33)21-10-6-8-18-7-4-5-9-20(18)21/h4-15,32H,3H2,1-2H3,(H2,29,31,33,35). The molecular weight excluding hydrogens is 458 g/mol. The fourth-order valence-corrected chi connectivity index (χ4v) is 4.29. The van der Waals surface area contributed by atoms with Crippen molar-refractivity contribution in [2.75, 3.05) is 5.32 Å². The van der Waals surface area contributed by atoms with Gasteiger partial charge in [-0.3, -0.25) is 10.1 Å². The van der Waals surface area contributed by atoms with Gasteiger partial charge in [0.1, 0.15) is 11.3 Å². The summed E-state index contributed by atoms with van der Waals surface area (Å²) in [4.78, 5) is 17.5. The molecule has 0 radical (unpaired) electrons. The lowest BCUT2D eigenvalue weighted by Crippen LogP contribution is -2.34. The molecular formula is C28H23N3O3S. The number of nitrogens with one attached hydrogen (secondary N) is 2. The summed E-state index contributed by atoms with van der Waals surface area (Å²) in [6.45, 7) is 3.86. The summed E-state index contributed by atoms with van der Waals surface area (Å²) in [6.07, 6.45) is 0.893. The number of oxazole rings is 1. The number of carbonyl (C=O) groups excluding carboxylic acids is 1. The summed E-state index contributed by atoms with van der Waals surface area (Å²) in [6, 6.07) is 22.5. The number of fused-ring (bicyclic) bond motifs is 2. The number of amides is 1. The Morgan fingerprint density at radius 1 is 1.06 bits per heavy atom. The lowest BCUT2D eigenvalue weighted by molar-refractivity contribution is 0.0979. The number of nitrogens with zero attached hydrogens (tertiary/aromatic N) is 1. The zero-order valence-electron chi connectivity index (χ0n) is 19.3. The van der Waals surface area contributed by atoms with Crippen LogP contribution < -0.4 is 10.6 Å². The third kappa shape index (κ3) is 4.46. The summed E-state index contributed by atoms with van der Waals surface area (Å²) in [5.41, 5.74) is 4.70. The fraction of sp³-hybridized carbons (Fsp3) is 0.107. The van der Waals surface area contributed by atoms with Gasteiger partial charge in [0.05, 0.1) is 5.56 Å². The van der Waals surface area contributed by atoms with Crippen LogP contribution in [0.1, 0.15) is 28.4 Å². The van der Waals surface area contributed by atoms with Crippen LogP contribution in [0.4, 0.5) is 5.69 Å². The Hall–Kier alpha value is -4.23. The molecule has 4 aromatic carbocycles. The van der Waals surface area contributed by atoms with Crippen molar-refractivity contribution >= 4 is 50.8 Å². The van der Waals surface area contributed by atoms with E-state index in [1.165, 1.54) is 0 Å². The molecule has 0 spiro atoms. The molecule has 0 bridgehead atoms. The van der Waals surface area contributed by atoms with Gasteiger partial charge in [-0.1, -0.05) is 49.4 Å². The number of aromatic hydroxyl groups is 1. The molecule has 0 unspecified atom stereocenters. The van der Waals surface area contributed by atoms with Crippen LogP contribution in [-0.2, 0) is 6.42 Å². The van der Waals surface area contributed by atoms with Gasteiger partial charge in [0, 0.05) is 11.3 Å². The minimum atomic E-state index is -0.305. The third-order valence-electron chi connectivity index (χ3n) is 5.91. The number of carbonyl (C=O) groups is 1. The van der Waals surface area contributed by atoms with E-state index in [1.807, 2.05) is 54.6 Å². The largest absolute Gasteiger partial charge is 0.507 e. The quantitative estimate of drug-likeness (QED) is 0.205. The first-order chi connectivity index (χ1) is 16.9. The Labute approximate surface area is 207 Å². The van der Waals surface area contributed by atoms with E-state index < -0.39 is 0 Å². The molecule has 0 saturated carbocycles. The minimum absolute atomic E-state index is 0.0727. The molecule has 0 atom stereocenters. The van der Waals surface area contributed by atoms with Crippen LogP contribution in [0.5, 0.6) is 5.75 Å². The normalized spacial score (nSPS) is 11.0. The van der Waals surface area contributed by atoms with Gasteiger partial charge in [-0.2, -0.15) is 0 Å². The van der Waals surface area contributed by atoms with Gasteiger partial charge in [0.2, 0.25) is 5.89 Å². The molecule has 0 saturated heterocycles. The molecule has 174 valence electrons. The van der Waals surface area contributed by atoms with E-state index in [-0.39, 0.29) is 16.8 Å².